The van der Waals surface area contributed by atoms with Crippen molar-refractivity contribution in [3.8, 4) is 0 Å². The van der Waals surface area contributed by atoms with Crippen molar-refractivity contribution in [2.75, 3.05) is 13.1 Å². The van der Waals surface area contributed by atoms with Gasteiger partial charge in [0.25, 0.3) is 0 Å². The van der Waals surface area contributed by atoms with Crippen molar-refractivity contribution in [2.45, 2.75) is 44.4 Å². The Morgan fingerprint density at radius 3 is 2.65 bits per heavy atom. The molecule has 1 N–H and O–H groups in total. The Morgan fingerprint density at radius 1 is 1.30 bits per heavy atom. The Labute approximate surface area is 135 Å². The van der Waals surface area contributed by atoms with E-state index in [-0.39, 0.29) is 11.9 Å². The van der Waals surface area contributed by atoms with E-state index < -0.39 is 5.60 Å². The van der Waals surface area contributed by atoms with Crippen LogP contribution in [0.4, 0.5) is 0 Å². The molecule has 3 heterocycles. The Balaban J connectivity index is 1.60. The zero-order valence-corrected chi connectivity index (χ0v) is 13.4. The van der Waals surface area contributed by atoms with Gasteiger partial charge in [0.2, 0.25) is 5.91 Å². The first-order chi connectivity index (χ1) is 11.1. The van der Waals surface area contributed by atoms with Gasteiger partial charge in [-0.2, -0.15) is 5.10 Å². The Kier molecular flexibility index (Phi) is 4.47. The Hall–Kier alpha value is -2.15. The SMILES string of the molecule is CC[C@@H](C(=O)N1CCC(O)(Cn2ccnc2)CC1)n1cccn1. The second-order valence-electron chi connectivity index (χ2n) is 6.19. The maximum absolute atomic E-state index is 12.7. The summed E-state index contributed by atoms with van der Waals surface area (Å²) in [5, 5.41) is 14.9. The molecule has 1 saturated heterocycles. The lowest BCUT2D eigenvalue weighted by atomic mass is 9.91. The molecule has 0 aliphatic carbocycles. The number of aromatic nitrogens is 4. The van der Waals surface area contributed by atoms with Crippen molar-refractivity contribution in [3.63, 3.8) is 0 Å². The summed E-state index contributed by atoms with van der Waals surface area (Å²) < 4.78 is 3.60. The largest absolute Gasteiger partial charge is 0.388 e. The highest BCUT2D eigenvalue weighted by Crippen LogP contribution is 2.26. The number of rotatable bonds is 5. The number of piperidine rings is 1. The van der Waals surface area contributed by atoms with Crippen LogP contribution in [0, 0.1) is 0 Å². The van der Waals surface area contributed by atoms with E-state index in [2.05, 4.69) is 10.1 Å². The predicted octanol–water partition coefficient (Wildman–Crippen LogP) is 1.08. The average Bonchev–Trinajstić information content (AvgIpc) is 3.22. The van der Waals surface area contributed by atoms with Crippen LogP contribution in [0.5, 0.6) is 0 Å². The molecule has 1 fully saturated rings. The molecule has 1 aliphatic rings. The minimum absolute atomic E-state index is 0.0841. The van der Waals surface area contributed by atoms with E-state index in [0.29, 0.717) is 38.9 Å². The molecule has 2 aromatic rings. The van der Waals surface area contributed by atoms with Crippen molar-refractivity contribution < 1.29 is 9.90 Å². The van der Waals surface area contributed by atoms with Gasteiger partial charge in [-0.05, 0) is 25.3 Å². The molecule has 0 spiro atoms. The molecule has 3 rings (SSSR count). The van der Waals surface area contributed by atoms with Crippen molar-refractivity contribution in [3.05, 3.63) is 37.2 Å². The highest BCUT2D eigenvalue weighted by atomic mass is 16.3. The number of hydrogen-bond donors (Lipinski definition) is 1. The number of imidazole rings is 1. The predicted molar refractivity (Wildman–Crippen MR) is 84.5 cm³/mol. The molecule has 1 aliphatic heterocycles. The molecule has 0 radical (unpaired) electrons. The molecule has 23 heavy (non-hydrogen) atoms. The standard InChI is InChI=1S/C16H23N5O2/c1-2-14(21-8-3-6-18-21)15(22)20-9-4-16(23,5-10-20)12-19-11-7-17-13-19/h3,6-8,11,13-14,23H,2,4-5,9-10,12H2,1H3/t14-/m0/s1. The number of aliphatic hydroxyl groups is 1. The van der Waals surface area contributed by atoms with Crippen LogP contribution >= 0.6 is 0 Å². The maximum Gasteiger partial charge on any atom is 0.247 e. The summed E-state index contributed by atoms with van der Waals surface area (Å²) in [7, 11) is 0. The smallest absolute Gasteiger partial charge is 0.247 e. The van der Waals surface area contributed by atoms with Crippen LogP contribution in [-0.4, -0.2) is 53.9 Å². The van der Waals surface area contributed by atoms with Gasteiger partial charge < -0.3 is 14.6 Å². The molecule has 0 saturated carbocycles. The fourth-order valence-corrected chi connectivity index (χ4v) is 3.17. The molecular weight excluding hydrogens is 294 g/mol. The van der Waals surface area contributed by atoms with E-state index in [1.807, 2.05) is 34.9 Å². The summed E-state index contributed by atoms with van der Waals surface area (Å²) in [5.41, 5.74) is -0.773. The van der Waals surface area contributed by atoms with Crippen molar-refractivity contribution >= 4 is 5.91 Å². The summed E-state index contributed by atoms with van der Waals surface area (Å²) >= 11 is 0. The Morgan fingerprint density at radius 2 is 2.09 bits per heavy atom. The van der Waals surface area contributed by atoms with Crippen LogP contribution in [0.15, 0.2) is 37.2 Å². The van der Waals surface area contributed by atoms with E-state index in [9.17, 15) is 9.90 Å². The molecular formula is C16H23N5O2. The van der Waals surface area contributed by atoms with Gasteiger partial charge in [0, 0.05) is 37.9 Å². The van der Waals surface area contributed by atoms with Crippen molar-refractivity contribution in [1.82, 2.24) is 24.2 Å². The lowest BCUT2D eigenvalue weighted by Gasteiger charge is -2.39. The van der Waals surface area contributed by atoms with E-state index in [1.165, 1.54) is 0 Å². The van der Waals surface area contributed by atoms with Crippen LogP contribution < -0.4 is 0 Å². The normalized spacial score (nSPS) is 18.8. The van der Waals surface area contributed by atoms with Crippen LogP contribution in [0.2, 0.25) is 0 Å². The zero-order chi connectivity index (χ0) is 16.3. The molecule has 1 amide bonds. The number of amides is 1. The van der Waals surface area contributed by atoms with E-state index in [0.717, 1.165) is 0 Å². The van der Waals surface area contributed by atoms with Crippen LogP contribution in [0.1, 0.15) is 32.2 Å². The van der Waals surface area contributed by atoms with Crippen LogP contribution in [0.3, 0.4) is 0 Å². The highest BCUT2D eigenvalue weighted by Gasteiger charge is 2.36. The molecule has 0 bridgehead atoms. The number of carbonyl (C=O) groups excluding carboxylic acids is 1. The van der Waals surface area contributed by atoms with Gasteiger partial charge in [0.1, 0.15) is 6.04 Å². The highest BCUT2D eigenvalue weighted by molar-refractivity contribution is 5.80. The maximum atomic E-state index is 12.7. The summed E-state index contributed by atoms with van der Waals surface area (Å²) in [6, 6.07) is 1.57. The topological polar surface area (TPSA) is 76.2 Å². The molecule has 7 nitrogen and oxygen atoms in total. The third-order valence-electron chi connectivity index (χ3n) is 4.56. The average molecular weight is 317 g/mol. The third kappa shape index (κ3) is 3.44. The minimum atomic E-state index is -0.773. The van der Waals surface area contributed by atoms with Crippen molar-refractivity contribution in [2.24, 2.45) is 0 Å². The van der Waals surface area contributed by atoms with Gasteiger partial charge in [0.15, 0.2) is 0 Å². The fraction of sp³-hybridized carbons (Fsp3) is 0.562. The molecule has 0 aromatic carbocycles. The van der Waals surface area contributed by atoms with Crippen LogP contribution in [0.25, 0.3) is 0 Å². The molecule has 2 aromatic heterocycles. The molecule has 124 valence electrons. The van der Waals surface area contributed by atoms with Gasteiger partial charge in [0.05, 0.1) is 18.5 Å². The van der Waals surface area contributed by atoms with Gasteiger partial charge >= 0.3 is 0 Å². The van der Waals surface area contributed by atoms with E-state index >= 15 is 0 Å². The van der Waals surface area contributed by atoms with Gasteiger partial charge in [-0.25, -0.2) is 4.98 Å². The van der Waals surface area contributed by atoms with Crippen molar-refractivity contribution in [1.29, 1.82) is 0 Å². The first-order valence-corrected chi connectivity index (χ1v) is 8.07. The van der Waals surface area contributed by atoms with Gasteiger partial charge in [-0.15, -0.1) is 0 Å². The monoisotopic (exact) mass is 317 g/mol. The number of carbonyl (C=O) groups is 1. The zero-order valence-electron chi connectivity index (χ0n) is 13.4. The molecule has 1 atom stereocenters. The summed E-state index contributed by atoms with van der Waals surface area (Å²) in [4.78, 5) is 18.6. The number of hydrogen-bond acceptors (Lipinski definition) is 4. The summed E-state index contributed by atoms with van der Waals surface area (Å²) in [6.07, 6.45) is 10.6. The molecule has 0 unspecified atom stereocenters. The first kappa shape index (κ1) is 15.7. The van der Waals surface area contributed by atoms with E-state index in [1.54, 1.807) is 23.4 Å². The van der Waals surface area contributed by atoms with Gasteiger partial charge in [-0.1, -0.05) is 6.92 Å². The first-order valence-electron chi connectivity index (χ1n) is 8.07. The lowest BCUT2D eigenvalue weighted by Crippen LogP contribution is -2.50. The third-order valence-corrected chi connectivity index (χ3v) is 4.56. The van der Waals surface area contributed by atoms with E-state index in [4.69, 9.17) is 0 Å². The summed E-state index contributed by atoms with van der Waals surface area (Å²) in [5.74, 6) is 0.0841. The number of likely N-dealkylation sites (tertiary alicyclic amines) is 1. The second-order valence-corrected chi connectivity index (χ2v) is 6.19. The summed E-state index contributed by atoms with van der Waals surface area (Å²) in [6.45, 7) is 3.65. The fourth-order valence-electron chi connectivity index (χ4n) is 3.17. The van der Waals surface area contributed by atoms with Crippen LogP contribution in [-0.2, 0) is 11.3 Å². The van der Waals surface area contributed by atoms with Gasteiger partial charge in [-0.3, -0.25) is 9.48 Å². The number of nitrogens with zero attached hydrogens (tertiary/aromatic N) is 5. The molecule has 7 heteroatoms. The lowest BCUT2D eigenvalue weighted by molar-refractivity contribution is -0.139. The quantitative estimate of drug-likeness (QED) is 0.895. The Bertz CT molecular complexity index is 615. The second kappa shape index (κ2) is 6.54. The minimum Gasteiger partial charge on any atom is -0.388 e.